The number of hydrogen-bond acceptors (Lipinski definition) is 4. The molecule has 0 saturated carbocycles. The molecule has 0 heterocycles. The van der Waals surface area contributed by atoms with E-state index in [1.54, 1.807) is 6.07 Å². The Kier molecular flexibility index (Phi) is 5.60. The number of amides is 1. The van der Waals surface area contributed by atoms with Gasteiger partial charge in [-0.25, -0.2) is 4.39 Å². The molecule has 0 aromatic heterocycles. The molecular formula is C11H13FN2O3S. The molecule has 1 aromatic rings. The second kappa shape index (κ2) is 6.97. The van der Waals surface area contributed by atoms with E-state index in [4.69, 9.17) is 10.8 Å². The van der Waals surface area contributed by atoms with Crippen LogP contribution < -0.4 is 11.1 Å². The number of hydrogen-bond donors (Lipinski definition) is 3. The van der Waals surface area contributed by atoms with Crippen molar-refractivity contribution in [3.63, 3.8) is 0 Å². The van der Waals surface area contributed by atoms with Gasteiger partial charge in [-0.15, -0.1) is 11.8 Å². The number of halogens is 1. The number of carboxylic acids is 1. The van der Waals surface area contributed by atoms with E-state index >= 15 is 0 Å². The molecule has 1 atom stereocenters. The standard InChI is InChI=1S/C11H13FN2O3S/c12-7-3-1-2-4-9(7)14-10(15)6-18-5-8(13)11(16)17/h1-4,8H,5-6,13H2,(H,14,15)(H,16,17). The molecule has 0 saturated heterocycles. The number of anilines is 1. The van der Waals surface area contributed by atoms with Crippen molar-refractivity contribution < 1.29 is 19.1 Å². The minimum atomic E-state index is -1.11. The molecule has 1 rings (SSSR count). The molecule has 1 amide bonds. The zero-order chi connectivity index (χ0) is 13.5. The summed E-state index contributed by atoms with van der Waals surface area (Å²) in [6.07, 6.45) is 0. The Morgan fingerprint density at radius 3 is 2.72 bits per heavy atom. The molecule has 0 aliphatic rings. The number of rotatable bonds is 6. The van der Waals surface area contributed by atoms with Gasteiger partial charge in [0, 0.05) is 5.75 Å². The number of aliphatic carboxylic acids is 1. The Bertz CT molecular complexity index is 442. The Hall–Kier alpha value is -1.60. The van der Waals surface area contributed by atoms with Crippen molar-refractivity contribution in [2.24, 2.45) is 5.73 Å². The van der Waals surface area contributed by atoms with Crippen LogP contribution in [-0.4, -0.2) is 34.5 Å². The molecule has 0 aliphatic heterocycles. The van der Waals surface area contributed by atoms with E-state index < -0.39 is 23.7 Å². The predicted octanol–water partition coefficient (Wildman–Crippen LogP) is 0.909. The zero-order valence-electron chi connectivity index (χ0n) is 9.43. The molecular weight excluding hydrogens is 259 g/mol. The molecule has 1 unspecified atom stereocenters. The third kappa shape index (κ3) is 4.72. The van der Waals surface area contributed by atoms with E-state index in [0.29, 0.717) is 0 Å². The Balaban J connectivity index is 2.35. The number of benzene rings is 1. The van der Waals surface area contributed by atoms with Crippen LogP contribution in [0.5, 0.6) is 0 Å². The van der Waals surface area contributed by atoms with Gasteiger partial charge in [-0.05, 0) is 12.1 Å². The maximum absolute atomic E-state index is 13.2. The SMILES string of the molecule is NC(CSCC(=O)Nc1ccccc1F)C(=O)O. The van der Waals surface area contributed by atoms with Crippen LogP contribution in [0.3, 0.4) is 0 Å². The number of carboxylic acid groups (broad SMARTS) is 1. The van der Waals surface area contributed by atoms with E-state index in [0.717, 1.165) is 11.8 Å². The lowest BCUT2D eigenvalue weighted by Crippen LogP contribution is -2.33. The molecule has 4 N–H and O–H groups in total. The average Bonchev–Trinajstić information content (AvgIpc) is 2.32. The fraction of sp³-hybridized carbons (Fsp3) is 0.273. The van der Waals surface area contributed by atoms with Crippen molar-refractivity contribution >= 4 is 29.3 Å². The van der Waals surface area contributed by atoms with E-state index in [2.05, 4.69) is 5.32 Å². The first-order chi connectivity index (χ1) is 8.50. The van der Waals surface area contributed by atoms with Crippen molar-refractivity contribution in [3.05, 3.63) is 30.1 Å². The minimum Gasteiger partial charge on any atom is -0.480 e. The van der Waals surface area contributed by atoms with Crippen LogP contribution in [0.2, 0.25) is 0 Å². The molecule has 0 fully saturated rings. The highest BCUT2D eigenvalue weighted by molar-refractivity contribution is 8.00. The average molecular weight is 272 g/mol. The summed E-state index contributed by atoms with van der Waals surface area (Å²) in [5, 5.41) is 10.9. The van der Waals surface area contributed by atoms with Crippen LogP contribution in [0.1, 0.15) is 0 Å². The summed E-state index contributed by atoms with van der Waals surface area (Å²) in [6, 6.07) is 4.80. The van der Waals surface area contributed by atoms with Gasteiger partial charge in [0.05, 0.1) is 11.4 Å². The first kappa shape index (κ1) is 14.5. The van der Waals surface area contributed by atoms with Crippen molar-refractivity contribution in [2.75, 3.05) is 16.8 Å². The van der Waals surface area contributed by atoms with Crippen LogP contribution in [0.25, 0.3) is 0 Å². The Morgan fingerprint density at radius 1 is 1.44 bits per heavy atom. The number of nitrogens with two attached hydrogens (primary N) is 1. The van der Waals surface area contributed by atoms with E-state index in [9.17, 15) is 14.0 Å². The Morgan fingerprint density at radius 2 is 2.11 bits per heavy atom. The number of thioether (sulfide) groups is 1. The van der Waals surface area contributed by atoms with Gasteiger partial charge in [-0.2, -0.15) is 0 Å². The monoisotopic (exact) mass is 272 g/mol. The minimum absolute atomic E-state index is 0.0231. The van der Waals surface area contributed by atoms with E-state index in [-0.39, 0.29) is 17.2 Å². The second-order valence-corrected chi connectivity index (χ2v) is 4.52. The van der Waals surface area contributed by atoms with Gasteiger partial charge in [0.2, 0.25) is 5.91 Å². The third-order valence-electron chi connectivity index (χ3n) is 2.00. The fourth-order valence-electron chi connectivity index (χ4n) is 1.10. The van der Waals surface area contributed by atoms with E-state index in [1.807, 2.05) is 0 Å². The fourth-order valence-corrected chi connectivity index (χ4v) is 1.87. The summed E-state index contributed by atoms with van der Waals surface area (Å²) < 4.78 is 13.2. The first-order valence-corrected chi connectivity index (χ1v) is 6.26. The quantitative estimate of drug-likeness (QED) is 0.716. The molecule has 98 valence electrons. The normalized spacial score (nSPS) is 11.9. The molecule has 0 spiro atoms. The van der Waals surface area contributed by atoms with Gasteiger partial charge >= 0.3 is 5.97 Å². The molecule has 1 aromatic carbocycles. The van der Waals surface area contributed by atoms with Gasteiger partial charge in [0.1, 0.15) is 11.9 Å². The van der Waals surface area contributed by atoms with E-state index in [1.165, 1.54) is 18.2 Å². The van der Waals surface area contributed by atoms with Crippen molar-refractivity contribution in [3.8, 4) is 0 Å². The maximum atomic E-state index is 13.2. The highest BCUT2D eigenvalue weighted by Crippen LogP contribution is 2.13. The Labute approximate surface area is 108 Å². The van der Waals surface area contributed by atoms with Crippen LogP contribution in [0.15, 0.2) is 24.3 Å². The van der Waals surface area contributed by atoms with Crippen molar-refractivity contribution in [1.29, 1.82) is 0 Å². The third-order valence-corrected chi connectivity index (χ3v) is 3.06. The van der Waals surface area contributed by atoms with Gasteiger partial charge in [-0.1, -0.05) is 12.1 Å². The molecule has 0 bridgehead atoms. The lowest BCUT2D eigenvalue weighted by molar-refractivity contribution is -0.137. The smallest absolute Gasteiger partial charge is 0.321 e. The van der Waals surface area contributed by atoms with Crippen molar-refractivity contribution in [1.82, 2.24) is 0 Å². The number of para-hydroxylation sites is 1. The lowest BCUT2D eigenvalue weighted by Gasteiger charge is -2.07. The molecule has 0 radical (unpaired) electrons. The number of carbonyl (C=O) groups excluding carboxylic acids is 1. The summed E-state index contributed by atoms with van der Waals surface area (Å²) >= 11 is 1.08. The molecule has 5 nitrogen and oxygen atoms in total. The van der Waals surface area contributed by atoms with Crippen LogP contribution in [0.4, 0.5) is 10.1 Å². The van der Waals surface area contributed by atoms with Gasteiger partial charge < -0.3 is 16.2 Å². The summed E-state index contributed by atoms with van der Waals surface area (Å²) in [6.45, 7) is 0. The summed E-state index contributed by atoms with van der Waals surface area (Å²) in [5.74, 6) is -1.88. The summed E-state index contributed by atoms with van der Waals surface area (Å²) in [5.41, 5.74) is 5.37. The van der Waals surface area contributed by atoms with Crippen LogP contribution in [-0.2, 0) is 9.59 Å². The highest BCUT2D eigenvalue weighted by Gasteiger charge is 2.12. The second-order valence-electron chi connectivity index (χ2n) is 3.49. The zero-order valence-corrected chi connectivity index (χ0v) is 10.2. The van der Waals surface area contributed by atoms with Gasteiger partial charge in [0.15, 0.2) is 0 Å². The van der Waals surface area contributed by atoms with Crippen LogP contribution in [0, 0.1) is 5.82 Å². The summed E-state index contributed by atoms with van der Waals surface area (Å²) in [7, 11) is 0. The van der Waals surface area contributed by atoms with Gasteiger partial charge in [0.25, 0.3) is 0 Å². The van der Waals surface area contributed by atoms with Crippen LogP contribution >= 0.6 is 11.8 Å². The molecule has 7 heteroatoms. The topological polar surface area (TPSA) is 92.4 Å². The highest BCUT2D eigenvalue weighted by atomic mass is 32.2. The first-order valence-electron chi connectivity index (χ1n) is 5.11. The number of carbonyl (C=O) groups is 2. The number of nitrogens with one attached hydrogen (secondary N) is 1. The lowest BCUT2D eigenvalue weighted by atomic mass is 10.3. The summed E-state index contributed by atoms with van der Waals surface area (Å²) in [4.78, 5) is 21.9. The van der Waals surface area contributed by atoms with Crippen molar-refractivity contribution in [2.45, 2.75) is 6.04 Å². The predicted molar refractivity (Wildman–Crippen MR) is 68.0 cm³/mol. The maximum Gasteiger partial charge on any atom is 0.321 e. The molecule has 0 aliphatic carbocycles. The van der Waals surface area contributed by atoms with Gasteiger partial charge in [-0.3, -0.25) is 9.59 Å². The molecule has 18 heavy (non-hydrogen) atoms. The largest absolute Gasteiger partial charge is 0.480 e.